The Hall–Kier alpha value is -4.21. The van der Waals surface area contributed by atoms with Crippen molar-refractivity contribution in [1.82, 2.24) is 20.5 Å². The van der Waals surface area contributed by atoms with Gasteiger partial charge in [0, 0.05) is 17.7 Å². The summed E-state index contributed by atoms with van der Waals surface area (Å²) in [6.45, 7) is 1.09. The van der Waals surface area contributed by atoms with Gasteiger partial charge < -0.3 is 15.5 Å². The molecule has 0 unspecified atom stereocenters. The van der Waals surface area contributed by atoms with E-state index in [4.69, 9.17) is 0 Å². The Morgan fingerprint density at radius 1 is 1.10 bits per heavy atom. The highest BCUT2D eigenvalue weighted by Gasteiger charge is 2.40. The number of benzene rings is 2. The van der Waals surface area contributed by atoms with Gasteiger partial charge in [0.25, 0.3) is 5.91 Å². The minimum absolute atomic E-state index is 0.0382. The molecule has 1 saturated heterocycles. The molecule has 40 heavy (non-hydrogen) atoms. The maximum atomic E-state index is 14.4. The number of hydrogen-bond acceptors (Lipinski definition) is 4. The van der Waals surface area contributed by atoms with Crippen LogP contribution in [0, 0.1) is 11.7 Å². The number of hydrogen-bond donors (Lipinski definition) is 2. The van der Waals surface area contributed by atoms with Crippen molar-refractivity contribution in [2.45, 2.75) is 44.2 Å². The lowest BCUT2D eigenvalue weighted by Gasteiger charge is -2.26. The van der Waals surface area contributed by atoms with Crippen molar-refractivity contribution in [2.75, 3.05) is 13.1 Å². The van der Waals surface area contributed by atoms with Gasteiger partial charge in [-0.1, -0.05) is 42.5 Å². The van der Waals surface area contributed by atoms with Gasteiger partial charge in [0.15, 0.2) is 0 Å². The third-order valence-corrected chi connectivity index (χ3v) is 7.26. The second-order valence-corrected chi connectivity index (χ2v) is 10.2. The number of pyridine rings is 1. The molecule has 2 aromatic carbocycles. The van der Waals surface area contributed by atoms with Crippen molar-refractivity contribution < 1.29 is 27.6 Å². The van der Waals surface area contributed by atoms with Crippen molar-refractivity contribution in [3.8, 4) is 0 Å². The normalized spacial score (nSPS) is 22.9. The minimum Gasteiger partial charge on any atom is -0.348 e. The quantitative estimate of drug-likeness (QED) is 0.438. The molecule has 5 rings (SSSR count). The zero-order valence-corrected chi connectivity index (χ0v) is 21.8. The Morgan fingerprint density at radius 2 is 1.88 bits per heavy atom. The molecule has 1 aromatic heterocycles. The van der Waals surface area contributed by atoms with Crippen LogP contribution < -0.4 is 10.6 Å². The topological polar surface area (TPSA) is 91.4 Å². The number of carbonyl (C=O) groups is 3. The molecule has 2 aliphatic rings. The average molecular weight is 551 g/mol. The number of fused-ring (bicyclic) bond motifs is 1. The van der Waals surface area contributed by atoms with Crippen LogP contribution in [0.4, 0.5) is 13.2 Å². The van der Waals surface area contributed by atoms with Gasteiger partial charge in [-0.05, 0) is 48.7 Å². The highest BCUT2D eigenvalue weighted by atomic mass is 19.1. The van der Waals surface area contributed by atoms with Crippen LogP contribution in [0.5, 0.6) is 0 Å². The number of amides is 3. The summed E-state index contributed by atoms with van der Waals surface area (Å²) in [5.41, 5.74) is 2.11. The number of aromatic nitrogens is 1. The monoisotopic (exact) mass is 550 g/mol. The van der Waals surface area contributed by atoms with Crippen molar-refractivity contribution >= 4 is 34.7 Å². The SMILES string of the molecule is C[C@H](NC(=O)[C@@H]1C[C@@H](F)CN1C(=O)CNC(=O)c1ccc2cc(F)ccc2n1)c1ccccc1/C=C/[C@@H]1C[C@H]1F. The van der Waals surface area contributed by atoms with E-state index in [0.29, 0.717) is 17.3 Å². The Balaban J connectivity index is 1.20. The number of nitrogens with zero attached hydrogens (tertiary/aromatic N) is 2. The molecule has 7 nitrogen and oxygen atoms in total. The number of carbonyl (C=O) groups excluding carboxylic acids is 3. The van der Waals surface area contributed by atoms with Gasteiger partial charge in [0.2, 0.25) is 11.8 Å². The maximum absolute atomic E-state index is 14.4. The predicted octanol–water partition coefficient (Wildman–Crippen LogP) is 4.29. The summed E-state index contributed by atoms with van der Waals surface area (Å²) in [5, 5.41) is 5.88. The van der Waals surface area contributed by atoms with Crippen molar-refractivity contribution in [2.24, 2.45) is 5.92 Å². The highest BCUT2D eigenvalue weighted by molar-refractivity contribution is 5.97. The van der Waals surface area contributed by atoms with E-state index in [0.717, 1.165) is 16.0 Å². The van der Waals surface area contributed by atoms with E-state index in [2.05, 4.69) is 15.6 Å². The molecule has 3 aromatic rings. The van der Waals surface area contributed by atoms with E-state index < -0.39 is 54.5 Å². The minimum atomic E-state index is -1.38. The fraction of sp³-hybridized carbons (Fsp3) is 0.333. The first-order valence-corrected chi connectivity index (χ1v) is 13.2. The molecule has 1 aliphatic heterocycles. The molecule has 2 heterocycles. The molecule has 0 bridgehead atoms. The van der Waals surface area contributed by atoms with Crippen LogP contribution in [0.15, 0.2) is 60.7 Å². The van der Waals surface area contributed by atoms with E-state index in [9.17, 15) is 27.6 Å². The summed E-state index contributed by atoms with van der Waals surface area (Å²) in [4.78, 5) is 44.1. The molecular weight excluding hydrogens is 521 g/mol. The lowest BCUT2D eigenvalue weighted by molar-refractivity contribution is -0.138. The second-order valence-electron chi connectivity index (χ2n) is 10.2. The van der Waals surface area contributed by atoms with Gasteiger partial charge in [-0.2, -0.15) is 0 Å². The molecule has 0 spiro atoms. The van der Waals surface area contributed by atoms with E-state index >= 15 is 0 Å². The summed E-state index contributed by atoms with van der Waals surface area (Å²) in [6, 6.07) is 12.9. The second kappa shape index (κ2) is 11.5. The largest absolute Gasteiger partial charge is 0.348 e. The average Bonchev–Trinajstić information content (AvgIpc) is 3.51. The number of allylic oxidation sites excluding steroid dienone is 1. The van der Waals surface area contributed by atoms with Crippen LogP contribution in [0.25, 0.3) is 17.0 Å². The van der Waals surface area contributed by atoms with Crippen LogP contribution in [0.3, 0.4) is 0 Å². The molecule has 2 fully saturated rings. The first-order valence-electron chi connectivity index (χ1n) is 13.2. The van der Waals surface area contributed by atoms with Gasteiger partial charge >= 0.3 is 0 Å². The number of nitrogens with one attached hydrogen (secondary N) is 2. The molecule has 208 valence electrons. The number of rotatable bonds is 8. The molecular formula is C30H29F3N4O3. The summed E-state index contributed by atoms with van der Waals surface area (Å²) >= 11 is 0. The number of alkyl halides is 2. The molecule has 1 saturated carbocycles. The fourth-order valence-corrected chi connectivity index (χ4v) is 4.93. The van der Waals surface area contributed by atoms with Crippen LogP contribution >= 0.6 is 0 Å². The Labute approximate surface area is 229 Å². The van der Waals surface area contributed by atoms with Gasteiger partial charge in [-0.25, -0.2) is 18.2 Å². The first-order chi connectivity index (χ1) is 19.2. The maximum Gasteiger partial charge on any atom is 0.270 e. The molecule has 10 heteroatoms. The zero-order chi connectivity index (χ0) is 28.4. The number of halogens is 3. The van der Waals surface area contributed by atoms with E-state index in [1.165, 1.54) is 24.3 Å². The van der Waals surface area contributed by atoms with E-state index in [1.54, 1.807) is 13.0 Å². The van der Waals surface area contributed by atoms with E-state index in [1.807, 2.05) is 36.4 Å². The van der Waals surface area contributed by atoms with Gasteiger partial charge in [0.05, 0.1) is 24.6 Å². The standard InChI is InChI=1S/C30H29F3N4O3/c1-17(23-5-3-2-4-18(23)6-7-19-13-24(19)33)35-30(40)27-14-22(32)16-37(27)28(38)15-34-29(39)26-10-8-20-12-21(31)9-11-25(20)36-26/h2-12,17,19,22,24,27H,13-16H2,1H3,(H,34,39)(H,35,40)/b7-6+/t17-,19+,22+,24+,27-/m0/s1. The van der Waals surface area contributed by atoms with E-state index in [-0.39, 0.29) is 24.6 Å². The molecule has 0 radical (unpaired) electrons. The first kappa shape index (κ1) is 27.4. The highest BCUT2D eigenvalue weighted by Crippen LogP contribution is 2.35. The Morgan fingerprint density at radius 3 is 2.65 bits per heavy atom. The molecule has 2 N–H and O–H groups in total. The smallest absolute Gasteiger partial charge is 0.270 e. The molecule has 5 atom stereocenters. The van der Waals surface area contributed by atoms with Crippen LogP contribution in [-0.2, 0) is 9.59 Å². The Bertz CT molecular complexity index is 1480. The molecule has 1 aliphatic carbocycles. The van der Waals surface area contributed by atoms with Gasteiger partial charge in [-0.3, -0.25) is 14.4 Å². The van der Waals surface area contributed by atoms with Crippen molar-refractivity contribution in [1.29, 1.82) is 0 Å². The van der Waals surface area contributed by atoms with Crippen molar-refractivity contribution in [3.63, 3.8) is 0 Å². The zero-order valence-electron chi connectivity index (χ0n) is 21.8. The summed E-state index contributed by atoms with van der Waals surface area (Å²) in [7, 11) is 0. The van der Waals surface area contributed by atoms with Crippen molar-refractivity contribution in [3.05, 3.63) is 83.3 Å². The fourth-order valence-electron chi connectivity index (χ4n) is 4.93. The lowest BCUT2D eigenvalue weighted by atomic mass is 10.00. The van der Waals surface area contributed by atoms with Crippen LogP contribution in [0.2, 0.25) is 0 Å². The number of likely N-dealkylation sites (tertiary alicyclic amines) is 1. The van der Waals surface area contributed by atoms with Gasteiger partial charge in [0.1, 0.15) is 29.9 Å². The summed E-state index contributed by atoms with van der Waals surface area (Å²) in [6.07, 6.45) is 1.85. The summed E-state index contributed by atoms with van der Waals surface area (Å²) in [5.74, 6) is -2.23. The summed E-state index contributed by atoms with van der Waals surface area (Å²) < 4.78 is 41.0. The van der Waals surface area contributed by atoms with Gasteiger partial charge in [-0.15, -0.1) is 0 Å². The third-order valence-electron chi connectivity index (χ3n) is 7.26. The van der Waals surface area contributed by atoms with Crippen LogP contribution in [0.1, 0.15) is 47.4 Å². The van der Waals surface area contributed by atoms with Crippen LogP contribution in [-0.4, -0.2) is 59.1 Å². The molecule has 3 amide bonds. The predicted molar refractivity (Wildman–Crippen MR) is 144 cm³/mol. The third kappa shape index (κ3) is 6.16. The Kier molecular flexibility index (Phi) is 7.86. The lowest BCUT2D eigenvalue weighted by Crippen LogP contribution is -2.49.